The molecule has 1 heterocycles. The minimum absolute atomic E-state index is 0.0626. The third-order valence-electron chi connectivity index (χ3n) is 5.20. The van der Waals surface area contributed by atoms with E-state index in [-0.39, 0.29) is 17.4 Å². The Morgan fingerprint density at radius 2 is 1.68 bits per heavy atom. The maximum atomic E-state index is 12.4. The van der Waals surface area contributed by atoms with Crippen LogP contribution in [0.5, 0.6) is 23.0 Å². The smallest absolute Gasteiger partial charge is 0.250 e. The molecule has 0 radical (unpaired) electrons. The van der Waals surface area contributed by atoms with Crippen LogP contribution < -0.4 is 19.6 Å². The van der Waals surface area contributed by atoms with Crippen LogP contribution in [0, 0.1) is 0 Å². The van der Waals surface area contributed by atoms with Gasteiger partial charge < -0.3 is 19.3 Å². The number of methoxy groups -OCH3 is 3. The van der Waals surface area contributed by atoms with Crippen LogP contribution in [-0.2, 0) is 4.79 Å². The molecule has 4 rings (SSSR count). The van der Waals surface area contributed by atoms with Gasteiger partial charge in [0.25, 0.3) is 5.91 Å². The van der Waals surface area contributed by atoms with Gasteiger partial charge in [-0.15, -0.1) is 10.2 Å². The number of rotatable bonds is 10. The molecule has 3 aromatic carbocycles. The van der Waals surface area contributed by atoms with E-state index in [1.165, 1.54) is 18.0 Å². The second kappa shape index (κ2) is 12.0. The van der Waals surface area contributed by atoms with Crippen LogP contribution in [0.1, 0.15) is 5.56 Å². The van der Waals surface area contributed by atoms with Crippen molar-refractivity contribution >= 4 is 23.9 Å². The topological polar surface area (TPSA) is 120 Å². The maximum Gasteiger partial charge on any atom is 0.250 e. The zero-order chi connectivity index (χ0) is 26.2. The molecule has 0 bridgehead atoms. The van der Waals surface area contributed by atoms with Crippen LogP contribution in [0.15, 0.2) is 77.0 Å². The van der Waals surface area contributed by atoms with Gasteiger partial charge in [0.2, 0.25) is 5.75 Å². The van der Waals surface area contributed by atoms with Gasteiger partial charge in [-0.2, -0.15) is 5.10 Å². The molecule has 0 atom stereocenters. The molecular weight excluding hydrogens is 494 g/mol. The molecule has 190 valence electrons. The molecule has 1 aromatic heterocycles. The fourth-order valence-electron chi connectivity index (χ4n) is 3.47. The van der Waals surface area contributed by atoms with Crippen molar-refractivity contribution in [3.8, 4) is 40.1 Å². The Bertz CT molecular complexity index is 1370. The molecule has 0 saturated heterocycles. The van der Waals surface area contributed by atoms with Gasteiger partial charge >= 0.3 is 0 Å². The number of hydrogen-bond donors (Lipinski definition) is 2. The van der Waals surface area contributed by atoms with Crippen LogP contribution in [0.2, 0.25) is 0 Å². The number of phenols is 1. The number of nitrogens with zero attached hydrogens (tertiary/aromatic N) is 4. The molecule has 0 spiro atoms. The minimum Gasteiger partial charge on any atom is -0.508 e. The van der Waals surface area contributed by atoms with Crippen molar-refractivity contribution in [3.63, 3.8) is 0 Å². The lowest BCUT2D eigenvalue weighted by molar-refractivity contribution is -0.118. The van der Waals surface area contributed by atoms with Crippen molar-refractivity contribution in [1.29, 1.82) is 0 Å². The first kappa shape index (κ1) is 25.6. The lowest BCUT2D eigenvalue weighted by Gasteiger charge is -2.15. The summed E-state index contributed by atoms with van der Waals surface area (Å²) in [5.74, 6) is 1.90. The maximum absolute atomic E-state index is 12.4. The van der Waals surface area contributed by atoms with Crippen LogP contribution in [0.3, 0.4) is 0 Å². The number of aromatic nitrogens is 3. The number of carbonyl (C=O) groups is 1. The highest BCUT2D eigenvalue weighted by molar-refractivity contribution is 7.99. The molecule has 4 aromatic rings. The van der Waals surface area contributed by atoms with Crippen LogP contribution in [0.25, 0.3) is 17.1 Å². The van der Waals surface area contributed by atoms with Gasteiger partial charge in [0.1, 0.15) is 5.75 Å². The molecule has 0 aliphatic heterocycles. The number of carbonyl (C=O) groups excluding carboxylic acids is 1. The summed E-state index contributed by atoms with van der Waals surface area (Å²) in [6.45, 7) is 0. The standard InChI is InChI=1S/C26H25N5O5S/c1-34-21-13-18(14-22(35-2)24(21)36-3)25-29-30-26(31(25)19-7-5-4-6-8-19)37-16-23(33)28-27-15-17-9-11-20(32)12-10-17/h4-15,32H,16H2,1-3H3,(H,28,33). The molecule has 37 heavy (non-hydrogen) atoms. The molecule has 0 unspecified atom stereocenters. The van der Waals surface area contributed by atoms with Crippen LogP contribution in [0.4, 0.5) is 0 Å². The summed E-state index contributed by atoms with van der Waals surface area (Å²) in [6.07, 6.45) is 1.50. The minimum atomic E-state index is -0.308. The van der Waals surface area contributed by atoms with Crippen LogP contribution >= 0.6 is 11.8 Å². The largest absolute Gasteiger partial charge is 0.508 e. The fraction of sp³-hybridized carbons (Fsp3) is 0.154. The summed E-state index contributed by atoms with van der Waals surface area (Å²) in [5.41, 5.74) is 4.76. The lowest BCUT2D eigenvalue weighted by atomic mass is 10.1. The number of ether oxygens (including phenoxy) is 3. The van der Waals surface area contributed by atoms with Crippen molar-refractivity contribution in [2.45, 2.75) is 5.16 Å². The summed E-state index contributed by atoms with van der Waals surface area (Å²) in [6, 6.07) is 19.6. The Labute approximate surface area is 217 Å². The van der Waals surface area contributed by atoms with E-state index in [2.05, 4.69) is 20.7 Å². The number of para-hydroxylation sites is 1. The predicted molar refractivity (Wildman–Crippen MR) is 141 cm³/mol. The van der Waals surface area contributed by atoms with Crippen molar-refractivity contribution < 1.29 is 24.1 Å². The third kappa shape index (κ3) is 6.01. The summed E-state index contributed by atoms with van der Waals surface area (Å²) >= 11 is 1.22. The average Bonchev–Trinajstić information content (AvgIpc) is 3.36. The van der Waals surface area contributed by atoms with Gasteiger partial charge in [-0.25, -0.2) is 5.43 Å². The summed E-state index contributed by atoms with van der Waals surface area (Å²) in [7, 11) is 4.64. The first-order valence-electron chi connectivity index (χ1n) is 11.1. The van der Waals surface area contributed by atoms with Crippen molar-refractivity contribution in [2.24, 2.45) is 5.10 Å². The molecule has 0 aliphatic rings. The highest BCUT2D eigenvalue weighted by atomic mass is 32.2. The van der Waals surface area contributed by atoms with E-state index < -0.39 is 0 Å². The zero-order valence-corrected chi connectivity index (χ0v) is 21.2. The van der Waals surface area contributed by atoms with E-state index in [1.54, 1.807) is 57.7 Å². The summed E-state index contributed by atoms with van der Waals surface area (Å²) < 4.78 is 18.3. The Balaban J connectivity index is 1.59. The quantitative estimate of drug-likeness (QED) is 0.184. The molecule has 11 heteroatoms. The first-order chi connectivity index (χ1) is 18.0. The van der Waals surface area contributed by atoms with E-state index in [4.69, 9.17) is 14.2 Å². The second-order valence-corrected chi connectivity index (χ2v) is 8.51. The second-order valence-electron chi connectivity index (χ2n) is 7.56. The number of thioether (sulfide) groups is 1. The third-order valence-corrected chi connectivity index (χ3v) is 6.13. The SMILES string of the molecule is COc1cc(-c2nnc(SCC(=O)NN=Cc3ccc(O)cc3)n2-c2ccccc2)cc(OC)c1OC. The Hall–Kier alpha value is -4.51. The van der Waals surface area contributed by atoms with Gasteiger partial charge in [-0.05, 0) is 54.1 Å². The number of nitrogens with one attached hydrogen (secondary N) is 1. The number of amides is 1. The Kier molecular flexibility index (Phi) is 8.26. The van der Waals surface area contributed by atoms with Crippen molar-refractivity contribution in [2.75, 3.05) is 27.1 Å². The number of hydrogen-bond acceptors (Lipinski definition) is 9. The van der Waals surface area contributed by atoms with Crippen molar-refractivity contribution in [1.82, 2.24) is 20.2 Å². The van der Waals surface area contributed by atoms with E-state index in [0.717, 1.165) is 11.3 Å². The molecule has 0 aliphatic carbocycles. The van der Waals surface area contributed by atoms with Gasteiger partial charge in [-0.3, -0.25) is 9.36 Å². The molecule has 0 fully saturated rings. The predicted octanol–water partition coefficient (Wildman–Crippen LogP) is 3.91. The average molecular weight is 520 g/mol. The summed E-state index contributed by atoms with van der Waals surface area (Å²) in [5, 5.41) is 22.6. The van der Waals surface area contributed by atoms with E-state index in [1.807, 2.05) is 34.9 Å². The zero-order valence-electron chi connectivity index (χ0n) is 20.4. The molecule has 1 amide bonds. The first-order valence-corrected chi connectivity index (χ1v) is 12.1. The lowest BCUT2D eigenvalue weighted by Crippen LogP contribution is -2.20. The molecule has 0 saturated carbocycles. The van der Waals surface area contributed by atoms with E-state index in [9.17, 15) is 9.90 Å². The molecular formula is C26H25N5O5S. The normalized spacial score (nSPS) is 10.9. The highest BCUT2D eigenvalue weighted by Gasteiger charge is 2.21. The van der Waals surface area contributed by atoms with Gasteiger partial charge in [0, 0.05) is 11.3 Å². The van der Waals surface area contributed by atoms with Crippen LogP contribution in [-0.4, -0.2) is 59.1 Å². The Morgan fingerprint density at radius 3 is 2.30 bits per heavy atom. The van der Waals surface area contributed by atoms with Gasteiger partial charge in [0.15, 0.2) is 22.5 Å². The van der Waals surface area contributed by atoms with E-state index in [0.29, 0.717) is 33.8 Å². The number of aromatic hydroxyl groups is 1. The molecule has 2 N–H and O–H groups in total. The molecule has 10 nitrogen and oxygen atoms in total. The summed E-state index contributed by atoms with van der Waals surface area (Å²) in [4.78, 5) is 12.4. The number of benzene rings is 3. The van der Waals surface area contributed by atoms with Gasteiger partial charge in [0.05, 0.1) is 33.3 Å². The monoisotopic (exact) mass is 519 g/mol. The fourth-order valence-corrected chi connectivity index (χ4v) is 4.22. The number of hydrazone groups is 1. The van der Waals surface area contributed by atoms with E-state index >= 15 is 0 Å². The number of phenolic OH excluding ortho intramolecular Hbond substituents is 1. The Morgan fingerprint density at radius 1 is 1.00 bits per heavy atom. The highest BCUT2D eigenvalue weighted by Crippen LogP contribution is 2.41. The van der Waals surface area contributed by atoms with Crippen molar-refractivity contribution in [3.05, 3.63) is 72.3 Å². The van der Waals surface area contributed by atoms with Gasteiger partial charge in [-0.1, -0.05) is 30.0 Å².